The number of alkyl halides is 2. The first-order chi connectivity index (χ1) is 38.2. The fourth-order valence-electron chi connectivity index (χ4n) is 11.1. The maximum Gasteiger partial charge on any atom is 0.399 e. The number of hydrogen-bond acceptors (Lipinski definition) is 10. The molecule has 3 aromatic carbocycles. The minimum atomic E-state index is -5.86. The summed E-state index contributed by atoms with van der Waals surface area (Å²) in [6.45, 7) is 1.45. The van der Waals surface area contributed by atoms with Crippen molar-refractivity contribution in [2.75, 3.05) is 26.7 Å². The molecule has 20 nitrogen and oxygen atoms in total. The number of nitrogens with one attached hydrogen (secondary N) is 4. The van der Waals surface area contributed by atoms with E-state index in [0.717, 1.165) is 67.3 Å². The Hall–Kier alpha value is -7.31. The van der Waals surface area contributed by atoms with Crippen molar-refractivity contribution >= 4 is 65.8 Å². The molecule has 1 aromatic heterocycles. The second kappa shape index (κ2) is 25.9. The summed E-state index contributed by atoms with van der Waals surface area (Å²) in [4.78, 5) is 135. The van der Waals surface area contributed by atoms with Crippen molar-refractivity contribution < 1.29 is 61.5 Å². The van der Waals surface area contributed by atoms with E-state index >= 15 is 0 Å². The highest BCUT2D eigenvalue weighted by Gasteiger charge is 2.51. The van der Waals surface area contributed by atoms with E-state index in [4.69, 9.17) is 5.73 Å². The Balaban J connectivity index is 0.851. The van der Waals surface area contributed by atoms with E-state index in [-0.39, 0.29) is 86.2 Å². The number of carbonyl (C=O) groups is 8. The molecule has 8 rings (SSSR count). The number of piperidine rings is 1. The normalized spacial score (nSPS) is 20.0. The summed E-state index contributed by atoms with van der Waals surface area (Å²) in [7, 11) is -4.07. The molecule has 8 amide bonds. The van der Waals surface area contributed by atoms with Crippen LogP contribution in [0.4, 0.5) is 8.78 Å². The molecule has 8 N–H and O–H groups in total. The molecule has 1 unspecified atom stereocenters. The van der Waals surface area contributed by atoms with E-state index in [1.807, 2.05) is 41.3 Å². The number of benzene rings is 3. The number of H-pyrrole nitrogens is 1. The van der Waals surface area contributed by atoms with Gasteiger partial charge in [-0.15, -0.1) is 0 Å². The summed E-state index contributed by atoms with van der Waals surface area (Å²) in [5.41, 5.74) is 3.23. The van der Waals surface area contributed by atoms with Crippen LogP contribution >= 0.6 is 7.60 Å². The number of aromatic amines is 1. The molecule has 5 atom stereocenters. The number of nitrogens with two attached hydrogens (primary N) is 1. The second-order valence-electron chi connectivity index (χ2n) is 21.2. The first-order valence-corrected chi connectivity index (χ1v) is 28.9. The standard InChI is InChI=1S/C57H68F2N9O11P/c1-65-30-28-40-21-24-48(68(40)56(76)46(35-65)63-51(71)45-32-38-31-39(20-22-43(38)61-45)57(58,59)80(77,78)79)53(73)62-44(23-26-49(60)69)55(75)66(33-36-15-10-9-11-16-36)29-13-8-6-4-2-3-5-7-12-17-37-18-14-19-41-42(37)34-67(54(41)74)47-25-27-50(70)64-52(47)72/h9-11,14-16,18-20,22,31-32,40,44,46-48,61H,2-8,13,21,23-30,33-35H2,1H3,(H2,60,69)(H,62,73)(H,63,71)(H,64,70,72)(H2,77,78,79)/t40-,44+,46+,47?,48+/m1/s1. The number of carbonyl (C=O) groups excluding carboxylic acids is 8. The Bertz CT molecular complexity index is 3120. The summed E-state index contributed by atoms with van der Waals surface area (Å²) in [6, 6.07) is 14.5. The SMILES string of the molecule is CN1CC[C@H]2CC[C@@H](C(=O)N[C@@H](CCC(N)=O)C(=O)N(CCCCCCCCCC#Cc3cccc4c3CN(C3CCC(=O)NC3=O)C4=O)Cc3ccccc3)N2C(=O)[C@@H](NC(=O)c2cc3cc(C(F)(F)P(=O)(O)O)ccc3[nH]2)C1. The van der Waals surface area contributed by atoms with E-state index in [2.05, 4.69) is 32.8 Å². The molecule has 23 heteroatoms. The summed E-state index contributed by atoms with van der Waals surface area (Å²) in [5.74, 6) is 2.49. The summed E-state index contributed by atoms with van der Waals surface area (Å²) >= 11 is 0. The molecule has 3 fully saturated rings. The molecule has 4 aromatic rings. The van der Waals surface area contributed by atoms with Crippen molar-refractivity contribution in [3.8, 4) is 11.8 Å². The van der Waals surface area contributed by atoms with Crippen LogP contribution in [-0.2, 0) is 52.1 Å². The second-order valence-corrected chi connectivity index (χ2v) is 22.9. The van der Waals surface area contributed by atoms with Crippen molar-refractivity contribution in [3.05, 3.63) is 106 Å². The van der Waals surface area contributed by atoms with Crippen LogP contribution in [0.2, 0.25) is 0 Å². The molecular formula is C57H68F2N9O11P. The van der Waals surface area contributed by atoms with Crippen molar-refractivity contribution in [3.63, 3.8) is 0 Å². The van der Waals surface area contributed by atoms with Crippen molar-refractivity contribution in [2.24, 2.45) is 5.73 Å². The zero-order valence-electron chi connectivity index (χ0n) is 44.6. The number of amides is 8. The average Bonchev–Trinajstić information content (AvgIpc) is 4.28. The largest absolute Gasteiger partial charge is 0.399 e. The van der Waals surface area contributed by atoms with Gasteiger partial charge in [0, 0.05) is 79.1 Å². The summed E-state index contributed by atoms with van der Waals surface area (Å²) in [6.07, 6.45) is 8.36. The molecule has 4 aliphatic heterocycles. The molecule has 80 heavy (non-hydrogen) atoms. The van der Waals surface area contributed by atoms with Crippen LogP contribution in [-0.4, -0.2) is 139 Å². The highest BCUT2D eigenvalue weighted by atomic mass is 31.2. The quantitative estimate of drug-likeness (QED) is 0.0240. The Labute approximate surface area is 462 Å². The Morgan fingerprint density at radius 3 is 2.38 bits per heavy atom. The molecule has 0 bridgehead atoms. The number of halogens is 2. The van der Waals surface area contributed by atoms with Gasteiger partial charge in [0.05, 0.1) is 0 Å². The average molecular weight is 1120 g/mol. The van der Waals surface area contributed by atoms with Gasteiger partial charge in [-0.2, -0.15) is 8.78 Å². The number of nitrogens with zero attached hydrogens (tertiary/aromatic N) is 4. The third kappa shape index (κ3) is 14.0. The molecule has 426 valence electrons. The van der Waals surface area contributed by atoms with Crippen LogP contribution in [0.1, 0.15) is 139 Å². The van der Waals surface area contributed by atoms with Crippen LogP contribution in [0.3, 0.4) is 0 Å². The number of hydrogen-bond donors (Lipinski definition) is 7. The minimum Gasteiger partial charge on any atom is -0.370 e. The molecular weight excluding hydrogens is 1060 g/mol. The number of rotatable bonds is 22. The van der Waals surface area contributed by atoms with Gasteiger partial charge in [-0.1, -0.05) is 86.4 Å². The third-order valence-electron chi connectivity index (χ3n) is 15.4. The van der Waals surface area contributed by atoms with Crippen LogP contribution in [0.25, 0.3) is 10.9 Å². The molecule has 0 aliphatic carbocycles. The van der Waals surface area contributed by atoms with Gasteiger partial charge in [-0.3, -0.25) is 48.2 Å². The van der Waals surface area contributed by atoms with Crippen molar-refractivity contribution in [1.29, 1.82) is 0 Å². The molecule has 4 aliphatic rings. The number of fused-ring (bicyclic) bond motifs is 3. The lowest BCUT2D eigenvalue weighted by Crippen LogP contribution is -2.61. The van der Waals surface area contributed by atoms with E-state index in [1.165, 1.54) is 21.9 Å². The fraction of sp³-hybridized carbons (Fsp3) is 0.474. The predicted molar refractivity (Wildman–Crippen MR) is 290 cm³/mol. The van der Waals surface area contributed by atoms with Crippen LogP contribution in [0, 0.1) is 11.8 Å². The minimum absolute atomic E-state index is 0.0603. The fourth-order valence-corrected chi connectivity index (χ4v) is 11.6. The van der Waals surface area contributed by atoms with Crippen molar-refractivity contribution in [1.82, 2.24) is 40.5 Å². The van der Waals surface area contributed by atoms with Crippen LogP contribution in [0.15, 0.2) is 72.8 Å². The van der Waals surface area contributed by atoms with Gasteiger partial charge < -0.3 is 50.7 Å². The van der Waals surface area contributed by atoms with Crippen LogP contribution < -0.4 is 21.7 Å². The third-order valence-corrected chi connectivity index (χ3v) is 16.4. The first-order valence-electron chi connectivity index (χ1n) is 27.2. The van der Waals surface area contributed by atoms with Crippen molar-refractivity contribution in [2.45, 2.75) is 145 Å². The lowest BCUT2D eigenvalue weighted by Gasteiger charge is -2.38. The Morgan fingerprint density at radius 1 is 0.912 bits per heavy atom. The molecule has 0 spiro atoms. The smallest absolute Gasteiger partial charge is 0.370 e. The highest BCUT2D eigenvalue weighted by Crippen LogP contribution is 2.59. The van der Waals surface area contributed by atoms with E-state index in [1.54, 1.807) is 24.1 Å². The Kier molecular flexibility index (Phi) is 19.0. The van der Waals surface area contributed by atoms with Gasteiger partial charge in [-0.25, -0.2) is 0 Å². The molecule has 5 heterocycles. The molecule has 0 radical (unpaired) electrons. The first kappa shape index (κ1) is 58.8. The number of imide groups is 1. The summed E-state index contributed by atoms with van der Waals surface area (Å²) < 4.78 is 40.6. The van der Waals surface area contributed by atoms with Gasteiger partial charge in [0.1, 0.15) is 29.9 Å². The maximum atomic E-state index is 14.6. The predicted octanol–water partition coefficient (Wildman–Crippen LogP) is 4.90. The Morgan fingerprint density at radius 2 is 1.65 bits per heavy atom. The summed E-state index contributed by atoms with van der Waals surface area (Å²) in [5, 5.41) is 8.03. The van der Waals surface area contributed by atoms with Gasteiger partial charge in [0.15, 0.2) is 0 Å². The van der Waals surface area contributed by atoms with E-state index in [9.17, 15) is 61.5 Å². The molecule has 3 saturated heterocycles. The zero-order chi connectivity index (χ0) is 57.3. The van der Waals surface area contributed by atoms with Gasteiger partial charge in [-0.05, 0) is 100.0 Å². The monoisotopic (exact) mass is 1120 g/mol. The number of aromatic nitrogens is 1. The number of primary amides is 1. The maximum absolute atomic E-state index is 14.6. The number of likely N-dealkylation sites (N-methyl/N-ethyl adjacent to an activating group) is 1. The lowest BCUT2D eigenvalue weighted by molar-refractivity contribution is -0.144. The van der Waals surface area contributed by atoms with E-state index in [0.29, 0.717) is 44.3 Å². The lowest BCUT2D eigenvalue weighted by atomic mass is 10.0. The number of unbranched alkanes of at least 4 members (excludes halogenated alkanes) is 7. The molecule has 0 saturated carbocycles. The highest BCUT2D eigenvalue weighted by molar-refractivity contribution is 7.52. The zero-order valence-corrected chi connectivity index (χ0v) is 45.5. The van der Waals surface area contributed by atoms with Gasteiger partial charge in [0.2, 0.25) is 35.4 Å². The van der Waals surface area contributed by atoms with E-state index < -0.39 is 78.4 Å². The van der Waals surface area contributed by atoms with Gasteiger partial charge in [0.25, 0.3) is 11.8 Å². The topological polar surface area (TPSA) is 285 Å². The van der Waals surface area contributed by atoms with Gasteiger partial charge >= 0.3 is 13.3 Å². The van der Waals surface area contributed by atoms with Crippen LogP contribution in [0.5, 0.6) is 0 Å².